The number of rotatable bonds is 11. The minimum atomic E-state index is 0.585. The molecule has 14 nitrogen and oxygen atoms in total. The molecule has 0 aliphatic heterocycles. The maximum absolute atomic E-state index is 6.49. The van der Waals surface area contributed by atoms with Gasteiger partial charge in [-0.1, -0.05) is 346 Å². The Balaban J connectivity index is 0.000000105. The van der Waals surface area contributed by atoms with E-state index < -0.39 is 0 Å². The highest BCUT2D eigenvalue weighted by atomic mass is 16.3. The van der Waals surface area contributed by atoms with E-state index in [2.05, 4.69) is 320 Å². The lowest BCUT2D eigenvalue weighted by molar-refractivity contribution is 0.673. The van der Waals surface area contributed by atoms with Crippen LogP contribution < -0.4 is 0 Å². The third-order valence-electron chi connectivity index (χ3n) is 25.0. The van der Waals surface area contributed by atoms with E-state index in [1.807, 2.05) is 146 Å². The van der Waals surface area contributed by atoms with E-state index in [1.54, 1.807) is 0 Å². The summed E-state index contributed by atoms with van der Waals surface area (Å²) in [5, 5.41) is 14.8. The smallest absolute Gasteiger partial charge is 0.238 e. The third kappa shape index (κ3) is 12.6. The molecule has 0 aliphatic carbocycles. The first kappa shape index (κ1) is 74.7. The summed E-state index contributed by atoms with van der Waals surface area (Å²) in [6, 6.07) is 153. The van der Waals surface area contributed by atoms with Crippen molar-refractivity contribution >= 4 is 142 Å². The van der Waals surface area contributed by atoms with E-state index >= 15 is 0 Å². The van der Waals surface area contributed by atoms with Gasteiger partial charge < -0.3 is 13.6 Å². The Morgan fingerprint density at radius 2 is 0.523 bits per heavy atom. The predicted molar refractivity (Wildman–Crippen MR) is 531 cm³/mol. The zero-order valence-corrected chi connectivity index (χ0v) is 69.9. The van der Waals surface area contributed by atoms with Crippen LogP contribution in [0.15, 0.2) is 447 Å². The van der Waals surface area contributed by atoms with Crippen LogP contribution in [0.3, 0.4) is 0 Å². The molecule has 0 unspecified atom stereocenters. The molecule has 0 fully saturated rings. The number of fused-ring (bicyclic) bond motifs is 21. The summed E-state index contributed by atoms with van der Waals surface area (Å²) in [5.74, 6) is 4.36. The van der Waals surface area contributed by atoms with Crippen LogP contribution in [0.2, 0.25) is 0 Å². The van der Waals surface area contributed by atoms with E-state index in [0.29, 0.717) is 41.1 Å². The molecule has 0 saturated carbocycles. The van der Waals surface area contributed by atoms with E-state index in [9.17, 15) is 0 Å². The highest BCUT2D eigenvalue weighted by Gasteiger charge is 2.28. The monoisotopic (exact) mass is 1660 g/mol. The van der Waals surface area contributed by atoms with Crippen molar-refractivity contribution in [1.82, 2.24) is 62.7 Å². The first-order valence-electron chi connectivity index (χ1n) is 43.6. The van der Waals surface area contributed by atoms with Crippen LogP contribution in [0.25, 0.3) is 239 Å². The van der Waals surface area contributed by atoms with E-state index in [1.165, 1.54) is 38.1 Å². The van der Waals surface area contributed by atoms with E-state index in [0.717, 1.165) is 160 Å². The van der Waals surface area contributed by atoms with Gasteiger partial charge in [-0.15, -0.1) is 0 Å². The Labute approximate surface area is 744 Å². The summed E-state index contributed by atoms with van der Waals surface area (Å²) in [5.41, 5.74) is 23.8. The minimum Gasteiger partial charge on any atom is -0.455 e. The molecular weight excluding hydrogens is 1590 g/mol. The Morgan fingerprint density at radius 1 is 0.177 bits per heavy atom. The second-order valence-corrected chi connectivity index (χ2v) is 32.5. The Hall–Kier alpha value is -17.9. The topological polar surface area (TPSA) is 141 Å². The van der Waals surface area contributed by atoms with Crippen molar-refractivity contribution in [2.75, 3.05) is 0 Å². The van der Waals surface area contributed by atoms with Gasteiger partial charge >= 0.3 is 0 Å². The van der Waals surface area contributed by atoms with Crippen LogP contribution >= 0.6 is 0 Å². The molecule has 9 heterocycles. The minimum absolute atomic E-state index is 0.585. The molecule has 0 atom stereocenters. The fraction of sp³-hybridized carbons (Fsp3) is 0. The van der Waals surface area contributed by atoms with Crippen LogP contribution in [0.1, 0.15) is 0 Å². The molecule has 18 aromatic carbocycles. The Morgan fingerprint density at radius 3 is 1.02 bits per heavy atom. The maximum atomic E-state index is 6.49. The maximum Gasteiger partial charge on any atom is 0.238 e. The molecule has 130 heavy (non-hydrogen) atoms. The molecule has 0 aliphatic rings. The van der Waals surface area contributed by atoms with Gasteiger partial charge in [-0.2, -0.15) is 19.9 Å². The average Bonchev–Trinajstić information content (AvgIpc) is 1.56. The molecule has 0 saturated heterocycles. The van der Waals surface area contributed by atoms with Crippen LogP contribution in [-0.4, -0.2) is 62.7 Å². The van der Waals surface area contributed by atoms with E-state index in [4.69, 9.17) is 44.3 Å². The van der Waals surface area contributed by atoms with Crippen LogP contribution in [-0.2, 0) is 0 Å². The summed E-state index contributed by atoms with van der Waals surface area (Å²) in [4.78, 5) is 40.9. The SMILES string of the molecule is c1ccc(-c2ccc3nc(-n4c5ccccc5c5c6oc7ccccc7c6ccc54)nc(-c4ccccc4)c3c2)cc1.c1ccc(-c2nc(-c3ccccc3)nc(-n3c4ccccc4c4cc5c(cc43)c3ccccc3n5-c3ccccc3)n2)cc1.c1ccc(-c2nc(-c3ccccc3)nc(-n3c4ccccc4c4ccc5c6ccccc6n(-c6ccccc6)c5c43)n2)cc1. The lowest BCUT2D eigenvalue weighted by Gasteiger charge is -2.13. The van der Waals surface area contributed by atoms with Crippen molar-refractivity contribution in [1.29, 1.82) is 0 Å². The van der Waals surface area contributed by atoms with E-state index in [-0.39, 0.29) is 0 Å². The fourth-order valence-electron chi connectivity index (χ4n) is 19.1. The summed E-state index contributed by atoms with van der Waals surface area (Å²) < 4.78 is 17.8. The summed E-state index contributed by atoms with van der Waals surface area (Å²) >= 11 is 0. The van der Waals surface area contributed by atoms with Crippen molar-refractivity contribution in [2.45, 2.75) is 0 Å². The van der Waals surface area contributed by atoms with Crippen LogP contribution in [0, 0.1) is 0 Å². The van der Waals surface area contributed by atoms with Gasteiger partial charge in [0.25, 0.3) is 0 Å². The predicted octanol–water partition coefficient (Wildman–Crippen LogP) is 28.8. The molecule has 27 aromatic rings. The number of furan rings is 1. The summed E-state index contributed by atoms with van der Waals surface area (Å²) in [7, 11) is 0. The molecule has 0 N–H and O–H groups in total. The quantitative estimate of drug-likeness (QED) is 0.124. The van der Waals surface area contributed by atoms with Crippen LogP contribution in [0.4, 0.5) is 0 Å². The molecule has 9 aromatic heterocycles. The van der Waals surface area contributed by atoms with Gasteiger partial charge in [0.05, 0.1) is 71.8 Å². The van der Waals surface area contributed by atoms with Gasteiger partial charge in [-0.3, -0.25) is 13.7 Å². The Kier molecular flexibility index (Phi) is 17.9. The van der Waals surface area contributed by atoms with Gasteiger partial charge in [0.2, 0.25) is 17.8 Å². The first-order valence-corrected chi connectivity index (χ1v) is 43.6. The normalized spacial score (nSPS) is 11.7. The molecular formula is C116H73N13O. The Bertz CT molecular complexity index is 8950. The largest absolute Gasteiger partial charge is 0.455 e. The first-order chi connectivity index (χ1) is 64.5. The highest BCUT2D eigenvalue weighted by Crippen LogP contribution is 2.46. The number of hydrogen-bond donors (Lipinski definition) is 0. The zero-order chi connectivity index (χ0) is 85.7. The van der Waals surface area contributed by atoms with Gasteiger partial charge in [0, 0.05) is 104 Å². The zero-order valence-electron chi connectivity index (χ0n) is 69.9. The highest BCUT2D eigenvalue weighted by molar-refractivity contribution is 6.26. The lowest BCUT2D eigenvalue weighted by Crippen LogP contribution is -2.07. The van der Waals surface area contributed by atoms with Crippen molar-refractivity contribution in [3.05, 3.63) is 443 Å². The molecule has 0 spiro atoms. The van der Waals surface area contributed by atoms with Gasteiger partial charge in [0.15, 0.2) is 23.3 Å². The molecule has 608 valence electrons. The molecule has 0 radical (unpaired) electrons. The number of hydrogen-bond acceptors (Lipinski definition) is 9. The molecule has 0 bridgehead atoms. The fourth-order valence-corrected chi connectivity index (χ4v) is 19.1. The van der Waals surface area contributed by atoms with Crippen molar-refractivity contribution in [2.24, 2.45) is 0 Å². The average molecular weight is 1660 g/mol. The van der Waals surface area contributed by atoms with Gasteiger partial charge in [-0.25, -0.2) is 19.9 Å². The third-order valence-corrected chi connectivity index (χ3v) is 25.0. The molecule has 0 amide bonds. The van der Waals surface area contributed by atoms with Gasteiger partial charge in [0.1, 0.15) is 11.2 Å². The summed E-state index contributed by atoms with van der Waals surface area (Å²) in [6.07, 6.45) is 0. The number of aromatic nitrogens is 13. The lowest BCUT2D eigenvalue weighted by atomic mass is 10.0. The standard InChI is InChI=1S/2C39H25N5.C38H23N3O/c1-4-14-26(15-5-1)37-40-38(27-16-6-2-7-17-27)42-39(41-37)44-34-23-13-11-21-30(34)32-24-35-31(25-36(32)44)29-20-10-12-22-33(29)43(35)28-18-8-3-9-19-28;1-4-14-26(15-5-1)37-40-38(27-16-6-2-7-17-27)42-39(41-37)44-34-23-13-11-21-30(34)32-25-24-31-29-20-10-12-22-33(29)43(35(31)36(32)44)28-18-8-3-9-19-28;1-3-11-24(12-4-1)26-19-21-31-30(23-26)36(25-13-5-2-6-14-25)40-38(39-31)41-32-17-9-7-16-29(32)35-33(41)22-20-28-27-15-8-10-18-34(27)42-37(28)35/h2*1-25H;1-23H. The molecule has 27 rings (SSSR count). The second kappa shape index (κ2) is 31.1. The number of benzene rings is 18. The van der Waals surface area contributed by atoms with Crippen molar-refractivity contribution in [3.63, 3.8) is 0 Å². The van der Waals surface area contributed by atoms with Crippen LogP contribution in [0.5, 0.6) is 0 Å². The van der Waals surface area contributed by atoms with Gasteiger partial charge in [-0.05, 0) is 108 Å². The number of nitrogens with zero attached hydrogens (tertiary/aromatic N) is 13. The van der Waals surface area contributed by atoms with Crippen molar-refractivity contribution < 1.29 is 4.42 Å². The molecule has 14 heteroatoms. The number of para-hydroxylation sites is 8. The second-order valence-electron chi connectivity index (χ2n) is 32.5. The summed E-state index contributed by atoms with van der Waals surface area (Å²) in [6.45, 7) is 0. The van der Waals surface area contributed by atoms with Crippen molar-refractivity contribution in [3.8, 4) is 97.2 Å².